The maximum atomic E-state index is 11.6. The fourth-order valence-corrected chi connectivity index (χ4v) is 6.68. The lowest BCUT2D eigenvalue weighted by Gasteiger charge is -2.28. The number of amides is 1. The molecule has 2 aliphatic heterocycles. The van der Waals surface area contributed by atoms with E-state index < -0.39 is 10.0 Å². The van der Waals surface area contributed by atoms with Gasteiger partial charge < -0.3 is 4.90 Å². The van der Waals surface area contributed by atoms with Crippen molar-refractivity contribution >= 4 is 15.9 Å². The molecule has 0 unspecified atom stereocenters. The molecule has 7 heteroatoms. The molecule has 0 spiro atoms. The number of hydrogen-bond donors (Lipinski definition) is 0. The summed E-state index contributed by atoms with van der Waals surface area (Å²) in [6.45, 7) is 44.0. The second-order valence-corrected chi connectivity index (χ2v) is 17.1. The number of pyridine rings is 1. The molecule has 1 aromatic heterocycles. The Morgan fingerprint density at radius 2 is 0.767 bits per heavy atom. The Kier molecular flexibility index (Phi) is 50.1. The first-order valence-corrected chi connectivity index (χ1v) is 25.5. The van der Waals surface area contributed by atoms with Crippen molar-refractivity contribution in [3.05, 3.63) is 102 Å². The molecule has 5 rings (SSSR count). The van der Waals surface area contributed by atoms with Crippen LogP contribution in [0, 0.1) is 5.92 Å². The summed E-state index contributed by atoms with van der Waals surface area (Å²) in [5.74, 6) is 2.43. The molecule has 2 aliphatic rings. The maximum absolute atomic E-state index is 11.6. The molecule has 0 N–H and O–H groups in total. The summed E-state index contributed by atoms with van der Waals surface area (Å²) in [5.41, 5.74) is 4.18. The molecule has 350 valence electrons. The molecule has 1 amide bonds. The van der Waals surface area contributed by atoms with Crippen LogP contribution in [0.15, 0.2) is 85.2 Å². The summed E-state index contributed by atoms with van der Waals surface area (Å²) < 4.78 is 24.8. The number of nitrogens with zero attached hydrogens (tertiary/aromatic N) is 3. The molecule has 6 nitrogen and oxygen atoms in total. The Morgan fingerprint density at radius 3 is 1.02 bits per heavy atom. The Morgan fingerprint density at radius 1 is 0.467 bits per heavy atom. The van der Waals surface area contributed by atoms with Crippen LogP contribution in [0.25, 0.3) is 0 Å². The van der Waals surface area contributed by atoms with Gasteiger partial charge in [-0.15, -0.1) is 0 Å². The van der Waals surface area contributed by atoms with Gasteiger partial charge in [-0.1, -0.05) is 192 Å². The maximum Gasteiger partial charge on any atom is 0.225 e. The number of aromatic nitrogens is 1. The third-order valence-electron chi connectivity index (χ3n) is 8.74. The Balaban J connectivity index is -0.000000200. The second-order valence-electron chi connectivity index (χ2n) is 14.7. The van der Waals surface area contributed by atoms with E-state index in [1.807, 2.05) is 125 Å². The lowest BCUT2D eigenvalue weighted by atomic mass is 10.0. The average Bonchev–Trinajstić information content (AvgIpc) is 3.31. The van der Waals surface area contributed by atoms with Gasteiger partial charge in [0.1, 0.15) is 0 Å². The van der Waals surface area contributed by atoms with Crippen LogP contribution in [0.4, 0.5) is 0 Å². The molecule has 3 aromatic rings. The van der Waals surface area contributed by atoms with Crippen molar-refractivity contribution in [3.63, 3.8) is 0 Å². The van der Waals surface area contributed by atoms with Crippen LogP contribution in [-0.4, -0.2) is 59.9 Å². The largest absolute Gasteiger partial charge is 0.342 e. The van der Waals surface area contributed by atoms with Crippen molar-refractivity contribution in [1.29, 1.82) is 0 Å². The Hall–Kier alpha value is -3.03. The van der Waals surface area contributed by atoms with E-state index in [0.717, 1.165) is 39.0 Å². The highest BCUT2D eigenvalue weighted by Crippen LogP contribution is 2.17. The van der Waals surface area contributed by atoms with Crippen LogP contribution in [0.3, 0.4) is 0 Å². The predicted molar refractivity (Wildman–Crippen MR) is 271 cm³/mol. The number of carbonyl (C=O) groups excluding carboxylic acids is 1. The topological polar surface area (TPSA) is 70.6 Å². The highest BCUT2D eigenvalue weighted by molar-refractivity contribution is 7.89. The highest BCUT2D eigenvalue weighted by atomic mass is 32.2. The Bertz CT molecular complexity index is 1260. The minimum Gasteiger partial charge on any atom is -0.342 e. The van der Waals surface area contributed by atoms with E-state index in [1.165, 1.54) is 42.4 Å². The second kappa shape index (κ2) is 45.5. The van der Waals surface area contributed by atoms with E-state index in [1.54, 1.807) is 18.2 Å². The van der Waals surface area contributed by atoms with Gasteiger partial charge in [-0.2, -0.15) is 0 Å². The number of sulfonamides is 1. The first-order chi connectivity index (χ1) is 28.7. The zero-order valence-corrected chi connectivity index (χ0v) is 43.8. The van der Waals surface area contributed by atoms with Crippen molar-refractivity contribution in [2.45, 2.75) is 200 Å². The fourth-order valence-electron chi connectivity index (χ4n) is 5.32. The van der Waals surface area contributed by atoms with Crippen LogP contribution in [0.5, 0.6) is 0 Å². The monoisotopic (exact) mass is 858 g/mol. The van der Waals surface area contributed by atoms with Gasteiger partial charge in [0.2, 0.25) is 15.9 Å². The summed E-state index contributed by atoms with van der Waals surface area (Å²) >= 11 is 0. The summed E-state index contributed by atoms with van der Waals surface area (Å²) in [6, 6.07) is 25.1. The van der Waals surface area contributed by atoms with Crippen LogP contribution < -0.4 is 0 Å². The number of rotatable bonds is 6. The predicted octanol–water partition coefficient (Wildman–Crippen LogP) is 15.8. The van der Waals surface area contributed by atoms with Gasteiger partial charge in [0, 0.05) is 44.5 Å². The molecule has 2 fully saturated rings. The molecule has 0 aliphatic carbocycles. The van der Waals surface area contributed by atoms with Gasteiger partial charge >= 0.3 is 0 Å². The third-order valence-corrected chi connectivity index (χ3v) is 11.0. The molecule has 60 heavy (non-hydrogen) atoms. The molecular weight excluding hydrogens is 759 g/mol. The molecule has 0 bridgehead atoms. The van der Waals surface area contributed by atoms with Gasteiger partial charge in [0.15, 0.2) is 0 Å². The van der Waals surface area contributed by atoms with Crippen molar-refractivity contribution < 1.29 is 13.2 Å². The van der Waals surface area contributed by atoms with Crippen LogP contribution >= 0.6 is 0 Å². The smallest absolute Gasteiger partial charge is 0.225 e. The highest BCUT2D eigenvalue weighted by Gasteiger charge is 2.26. The van der Waals surface area contributed by atoms with Gasteiger partial charge in [-0.05, 0) is 92.5 Å². The number of benzene rings is 2. The third kappa shape index (κ3) is 33.7. The molecule has 2 aromatic carbocycles. The first kappa shape index (κ1) is 66.1. The number of likely N-dealkylation sites (tertiary alicyclic amines) is 1. The fraction of sp³-hybridized carbons (Fsp3) is 0.660. The average molecular weight is 858 g/mol. The normalized spacial score (nSPS) is 12.8. The minimum atomic E-state index is -2.97. The zero-order valence-electron chi connectivity index (χ0n) is 43.0. The van der Waals surface area contributed by atoms with E-state index in [-0.39, 0.29) is 11.2 Å². The molecule has 0 saturated carbocycles. The molecular formula is C53H99N3O3S. The minimum absolute atomic E-state index is 0.174. The number of carbonyl (C=O) groups is 1. The molecule has 0 radical (unpaired) electrons. The quantitative estimate of drug-likeness (QED) is 0.248. The van der Waals surface area contributed by atoms with Gasteiger partial charge in [-0.3, -0.25) is 9.78 Å². The van der Waals surface area contributed by atoms with Crippen molar-refractivity contribution in [3.8, 4) is 0 Å². The summed E-state index contributed by atoms with van der Waals surface area (Å²) in [7, 11) is -2.97. The van der Waals surface area contributed by atoms with Crippen LogP contribution in [0.2, 0.25) is 0 Å². The lowest BCUT2D eigenvalue weighted by molar-refractivity contribution is -0.135. The number of hydrogen-bond acceptors (Lipinski definition) is 4. The van der Waals surface area contributed by atoms with Crippen molar-refractivity contribution in [2.75, 3.05) is 26.2 Å². The summed E-state index contributed by atoms with van der Waals surface area (Å²) in [6.07, 6.45) is 10.5. The van der Waals surface area contributed by atoms with Crippen LogP contribution in [-0.2, 0) is 14.8 Å². The zero-order chi connectivity index (χ0) is 47.5. The van der Waals surface area contributed by atoms with Crippen molar-refractivity contribution in [2.24, 2.45) is 5.92 Å². The lowest BCUT2D eigenvalue weighted by Crippen LogP contribution is -2.39. The first-order valence-electron chi connectivity index (χ1n) is 24.0. The van der Waals surface area contributed by atoms with E-state index in [9.17, 15) is 13.2 Å². The molecule has 0 atom stereocenters. The summed E-state index contributed by atoms with van der Waals surface area (Å²) in [5, 5.41) is -0.268. The van der Waals surface area contributed by atoms with Crippen LogP contribution in [0.1, 0.15) is 211 Å². The van der Waals surface area contributed by atoms with E-state index in [0.29, 0.717) is 23.7 Å². The summed E-state index contributed by atoms with van der Waals surface area (Å²) in [4.78, 5) is 17.3. The van der Waals surface area contributed by atoms with Gasteiger partial charge in [0.25, 0.3) is 0 Å². The van der Waals surface area contributed by atoms with E-state index >= 15 is 0 Å². The molecule has 2 saturated heterocycles. The van der Waals surface area contributed by atoms with E-state index in [4.69, 9.17) is 0 Å². The van der Waals surface area contributed by atoms with Gasteiger partial charge in [-0.25, -0.2) is 12.7 Å². The van der Waals surface area contributed by atoms with Gasteiger partial charge in [0.05, 0.1) is 5.25 Å². The Labute approximate surface area is 375 Å². The van der Waals surface area contributed by atoms with E-state index in [2.05, 4.69) is 95.1 Å². The standard InChI is InChI=1S/C9H17NO.2C9H12.C8H17NO2S.C8H11N.5C2H6/c1-8(2)9(11)10-6-4-3-5-7-10;2*1-8(2)9-6-4-3-5-7-9;1-8(2)12(10,11)9-6-4-3-5-7-9;1-7(2)8-3-5-9-6-4-8;5*1-2/h8H,3-7H2,1-2H3;2*3-8H,1-2H3;8H,3-7H2,1-2H3;3-7H,1-2H3;5*1-2H3. The van der Waals surface area contributed by atoms with Crippen molar-refractivity contribution in [1.82, 2.24) is 14.2 Å². The molecule has 3 heterocycles. The number of piperidine rings is 2. The SMILES string of the molecule is CC.CC.CC.CC.CC.CC(C)C(=O)N1CCCCC1.CC(C)S(=O)(=O)N1CCCCC1.CC(C)c1ccccc1.CC(C)c1ccccc1.CC(C)c1ccncc1.